The molecule has 1 heterocycles. The minimum absolute atomic E-state index is 0.172. The van der Waals surface area contributed by atoms with Crippen LogP contribution in [-0.2, 0) is 0 Å². The Morgan fingerprint density at radius 1 is 1.33 bits per heavy atom. The molecule has 2 rings (SSSR count). The largest absolute Gasteiger partial charge is 0.409 e. The molecule has 5 nitrogen and oxygen atoms in total. The average molecular weight is 294 g/mol. The van der Waals surface area contributed by atoms with E-state index in [2.05, 4.69) is 21.9 Å². The molecule has 1 aromatic carbocycles. The minimum Gasteiger partial charge on any atom is -0.409 e. The van der Waals surface area contributed by atoms with E-state index in [1.807, 2.05) is 12.1 Å². The molecule has 0 aromatic heterocycles. The van der Waals surface area contributed by atoms with Gasteiger partial charge < -0.3 is 15.8 Å². The molecule has 1 fully saturated rings. The Hall–Kier alpha value is -1.82. The third-order valence-electron chi connectivity index (χ3n) is 4.07. The first-order valence-corrected chi connectivity index (χ1v) is 7.35. The van der Waals surface area contributed by atoms with Crippen molar-refractivity contribution in [2.75, 3.05) is 31.1 Å². The molecule has 3 N–H and O–H groups in total. The van der Waals surface area contributed by atoms with E-state index >= 15 is 0 Å². The number of nitrogens with two attached hydrogens (primary N) is 1. The summed E-state index contributed by atoms with van der Waals surface area (Å²) in [5.41, 5.74) is 6.28. The van der Waals surface area contributed by atoms with Crippen molar-refractivity contribution in [3.05, 3.63) is 30.1 Å². The van der Waals surface area contributed by atoms with Gasteiger partial charge in [-0.05, 0) is 18.6 Å². The van der Waals surface area contributed by atoms with Crippen LogP contribution >= 0.6 is 0 Å². The number of benzene rings is 1. The quantitative estimate of drug-likeness (QED) is 0.376. The van der Waals surface area contributed by atoms with E-state index in [1.165, 1.54) is 6.07 Å². The highest BCUT2D eigenvalue weighted by Gasteiger charge is 2.24. The summed E-state index contributed by atoms with van der Waals surface area (Å²) in [5, 5.41) is 11.7. The molecule has 1 unspecified atom stereocenters. The highest BCUT2D eigenvalue weighted by Crippen LogP contribution is 2.21. The van der Waals surface area contributed by atoms with Gasteiger partial charge in [-0.1, -0.05) is 24.2 Å². The number of anilines is 1. The number of amidine groups is 1. The highest BCUT2D eigenvalue weighted by atomic mass is 19.1. The summed E-state index contributed by atoms with van der Waals surface area (Å²) in [6.07, 6.45) is 1.50. The first-order chi connectivity index (χ1) is 10.2. The molecule has 1 aliphatic heterocycles. The zero-order chi connectivity index (χ0) is 15.2. The van der Waals surface area contributed by atoms with Gasteiger partial charge in [-0.25, -0.2) is 4.39 Å². The predicted octanol–water partition coefficient (Wildman–Crippen LogP) is 1.86. The Labute approximate surface area is 124 Å². The van der Waals surface area contributed by atoms with E-state index in [4.69, 9.17) is 10.9 Å². The summed E-state index contributed by atoms with van der Waals surface area (Å²) in [5.74, 6) is 0.0908. The second-order valence-electron chi connectivity index (χ2n) is 5.33. The normalized spacial score (nSPS) is 18.8. The maximum absolute atomic E-state index is 13.8. The molecule has 1 aromatic rings. The molecule has 0 aliphatic carbocycles. The molecular formula is C15H23FN4O. The fraction of sp³-hybridized carbons (Fsp3) is 0.533. The Morgan fingerprint density at radius 2 is 2.00 bits per heavy atom. The zero-order valence-electron chi connectivity index (χ0n) is 12.4. The summed E-state index contributed by atoms with van der Waals surface area (Å²) in [6, 6.07) is 7.15. The van der Waals surface area contributed by atoms with Gasteiger partial charge in [0.05, 0.1) is 5.69 Å². The topological polar surface area (TPSA) is 65.1 Å². The Kier molecular flexibility index (Phi) is 5.38. The van der Waals surface area contributed by atoms with E-state index in [0.29, 0.717) is 12.1 Å². The van der Waals surface area contributed by atoms with Crippen LogP contribution in [0, 0.1) is 5.82 Å². The van der Waals surface area contributed by atoms with Crippen LogP contribution in [0.1, 0.15) is 19.8 Å². The molecule has 0 amide bonds. The molecule has 0 radical (unpaired) electrons. The Morgan fingerprint density at radius 3 is 2.57 bits per heavy atom. The van der Waals surface area contributed by atoms with Crippen molar-refractivity contribution in [3.63, 3.8) is 0 Å². The monoisotopic (exact) mass is 294 g/mol. The van der Waals surface area contributed by atoms with Crippen LogP contribution in [0.25, 0.3) is 0 Å². The first-order valence-electron chi connectivity index (χ1n) is 7.35. The fourth-order valence-electron chi connectivity index (χ4n) is 2.85. The van der Waals surface area contributed by atoms with Crippen LogP contribution in [0.15, 0.2) is 29.4 Å². The van der Waals surface area contributed by atoms with E-state index < -0.39 is 0 Å². The smallest absolute Gasteiger partial charge is 0.146 e. The van der Waals surface area contributed by atoms with Crippen LogP contribution in [0.2, 0.25) is 0 Å². The van der Waals surface area contributed by atoms with Gasteiger partial charge >= 0.3 is 0 Å². The third kappa shape index (κ3) is 3.85. The van der Waals surface area contributed by atoms with Gasteiger partial charge in [0, 0.05) is 38.6 Å². The maximum atomic E-state index is 13.8. The Bertz CT molecular complexity index is 486. The van der Waals surface area contributed by atoms with Crippen LogP contribution in [-0.4, -0.2) is 48.2 Å². The van der Waals surface area contributed by atoms with Gasteiger partial charge in [0.2, 0.25) is 0 Å². The first kappa shape index (κ1) is 15.6. The second-order valence-corrected chi connectivity index (χ2v) is 5.33. The number of hydrogen-bond acceptors (Lipinski definition) is 4. The van der Waals surface area contributed by atoms with Crippen molar-refractivity contribution < 1.29 is 9.60 Å². The van der Waals surface area contributed by atoms with Crippen LogP contribution in [0.5, 0.6) is 0 Å². The molecule has 0 spiro atoms. The van der Waals surface area contributed by atoms with Gasteiger partial charge in [0.1, 0.15) is 11.7 Å². The number of oxime groups is 1. The van der Waals surface area contributed by atoms with Crippen molar-refractivity contribution in [2.24, 2.45) is 10.9 Å². The molecule has 0 bridgehead atoms. The van der Waals surface area contributed by atoms with Crippen LogP contribution < -0.4 is 10.6 Å². The SMILES string of the molecule is CCC(C/C(N)=N/O)N1CCN(c2ccccc2F)CC1. The minimum atomic E-state index is -0.172. The van der Waals surface area contributed by atoms with Gasteiger partial charge in [0.15, 0.2) is 0 Å². The summed E-state index contributed by atoms with van der Waals surface area (Å²) in [7, 11) is 0. The second kappa shape index (κ2) is 7.26. The van der Waals surface area contributed by atoms with Gasteiger partial charge in [0.25, 0.3) is 0 Å². The van der Waals surface area contributed by atoms with Crippen molar-refractivity contribution in [3.8, 4) is 0 Å². The number of nitrogens with zero attached hydrogens (tertiary/aromatic N) is 3. The van der Waals surface area contributed by atoms with Crippen LogP contribution in [0.4, 0.5) is 10.1 Å². The molecule has 21 heavy (non-hydrogen) atoms. The highest BCUT2D eigenvalue weighted by molar-refractivity contribution is 5.80. The van der Waals surface area contributed by atoms with Crippen molar-refractivity contribution in [2.45, 2.75) is 25.8 Å². The number of hydrogen-bond donors (Lipinski definition) is 2. The van der Waals surface area contributed by atoms with Gasteiger partial charge in [-0.15, -0.1) is 0 Å². The number of rotatable bonds is 5. The van der Waals surface area contributed by atoms with Crippen molar-refractivity contribution in [1.82, 2.24) is 4.90 Å². The lowest BCUT2D eigenvalue weighted by molar-refractivity contribution is 0.182. The predicted molar refractivity (Wildman–Crippen MR) is 82.3 cm³/mol. The number of para-hydroxylation sites is 1. The molecule has 0 saturated carbocycles. The van der Waals surface area contributed by atoms with Crippen molar-refractivity contribution >= 4 is 11.5 Å². The van der Waals surface area contributed by atoms with Crippen molar-refractivity contribution in [1.29, 1.82) is 0 Å². The molecule has 1 atom stereocenters. The number of piperazine rings is 1. The van der Waals surface area contributed by atoms with E-state index in [-0.39, 0.29) is 17.7 Å². The summed E-state index contributed by atoms with van der Waals surface area (Å²) in [6.45, 7) is 5.37. The van der Waals surface area contributed by atoms with E-state index in [9.17, 15) is 4.39 Å². The number of halogens is 1. The van der Waals surface area contributed by atoms with E-state index in [0.717, 1.165) is 32.6 Å². The molecule has 1 saturated heterocycles. The lowest BCUT2D eigenvalue weighted by atomic mass is 10.1. The summed E-state index contributed by atoms with van der Waals surface area (Å²) in [4.78, 5) is 4.40. The average Bonchev–Trinajstić information content (AvgIpc) is 2.53. The third-order valence-corrected chi connectivity index (χ3v) is 4.07. The molecule has 116 valence electrons. The summed E-state index contributed by atoms with van der Waals surface area (Å²) < 4.78 is 13.8. The lowest BCUT2D eigenvalue weighted by Gasteiger charge is -2.40. The van der Waals surface area contributed by atoms with Crippen LogP contribution in [0.3, 0.4) is 0 Å². The zero-order valence-corrected chi connectivity index (χ0v) is 12.4. The van der Waals surface area contributed by atoms with Gasteiger partial charge in [-0.3, -0.25) is 4.90 Å². The molecular weight excluding hydrogens is 271 g/mol. The lowest BCUT2D eigenvalue weighted by Crippen LogP contribution is -2.51. The molecule has 1 aliphatic rings. The summed E-state index contributed by atoms with van der Waals surface area (Å²) >= 11 is 0. The van der Waals surface area contributed by atoms with E-state index in [1.54, 1.807) is 6.07 Å². The Balaban J connectivity index is 1.95. The van der Waals surface area contributed by atoms with Gasteiger partial charge in [-0.2, -0.15) is 0 Å². The molecule has 6 heteroatoms. The maximum Gasteiger partial charge on any atom is 0.146 e. The standard InChI is InChI=1S/C15H23FN4O/c1-2-12(11-15(17)18-21)19-7-9-20(10-8-19)14-6-4-3-5-13(14)16/h3-6,12,21H,2,7-11H2,1H3,(H2,17,18). The fourth-order valence-corrected chi connectivity index (χ4v) is 2.85.